The smallest absolute Gasteiger partial charge is 0.416 e. The van der Waals surface area contributed by atoms with Crippen LogP contribution in [0.1, 0.15) is 18.1 Å². The van der Waals surface area contributed by atoms with Gasteiger partial charge in [0, 0.05) is 38.3 Å². The summed E-state index contributed by atoms with van der Waals surface area (Å²) in [5, 5.41) is 10.8. The average Bonchev–Trinajstić information content (AvgIpc) is 2.74. The van der Waals surface area contributed by atoms with E-state index in [2.05, 4.69) is 9.88 Å². The highest BCUT2D eigenvalue weighted by Crippen LogP contribution is 2.36. The number of nitro groups is 1. The summed E-state index contributed by atoms with van der Waals surface area (Å²) in [7, 11) is 0. The second-order valence-electron chi connectivity index (χ2n) is 7.68. The minimum atomic E-state index is -4.85. The van der Waals surface area contributed by atoms with Gasteiger partial charge in [-0.05, 0) is 18.6 Å². The zero-order valence-corrected chi connectivity index (χ0v) is 17.0. The molecule has 0 N–H and O–H groups in total. The molecule has 1 aromatic heterocycles. The zero-order valence-electron chi connectivity index (χ0n) is 17.0. The number of nitrogens with zero attached hydrogens (tertiary/aromatic N) is 4. The minimum Gasteiger partial charge on any atom is -0.417 e. The number of hydrogen-bond acceptors (Lipinski definition) is 7. The molecule has 168 valence electrons. The van der Waals surface area contributed by atoms with Crippen molar-refractivity contribution >= 4 is 22.7 Å². The molecule has 11 heteroatoms. The van der Waals surface area contributed by atoms with Gasteiger partial charge in [-0.3, -0.25) is 19.8 Å². The topological polar surface area (TPSA) is 92.7 Å². The molecule has 0 spiro atoms. The third kappa shape index (κ3) is 4.28. The Morgan fingerprint density at radius 1 is 1.22 bits per heavy atom. The van der Waals surface area contributed by atoms with Crippen molar-refractivity contribution in [2.24, 2.45) is 0 Å². The molecule has 2 aromatic carbocycles. The Kier molecular flexibility index (Phi) is 5.59. The summed E-state index contributed by atoms with van der Waals surface area (Å²) in [4.78, 5) is 30.6. The molecule has 1 saturated heterocycles. The maximum Gasteiger partial charge on any atom is 0.416 e. The molecule has 1 atom stereocenters. The van der Waals surface area contributed by atoms with Gasteiger partial charge >= 0.3 is 17.9 Å². The number of anilines is 1. The monoisotopic (exact) mass is 448 g/mol. The van der Waals surface area contributed by atoms with Crippen molar-refractivity contribution in [1.82, 2.24) is 9.88 Å². The van der Waals surface area contributed by atoms with E-state index in [1.54, 1.807) is 4.90 Å². The van der Waals surface area contributed by atoms with E-state index in [1.165, 1.54) is 0 Å². The third-order valence-electron chi connectivity index (χ3n) is 5.48. The molecule has 1 fully saturated rings. The SMILES string of the molecule is CC1CN(c2nc(=O)c3cc(C(F)(F)F)cc([N+](=O)[O-])c3o2)CCN1Cc1ccccc1. The Morgan fingerprint density at radius 2 is 1.94 bits per heavy atom. The van der Waals surface area contributed by atoms with Crippen LogP contribution in [0.15, 0.2) is 51.7 Å². The normalized spacial score (nSPS) is 17.6. The number of nitro benzene ring substituents is 1. The van der Waals surface area contributed by atoms with Crippen LogP contribution < -0.4 is 10.5 Å². The van der Waals surface area contributed by atoms with E-state index in [9.17, 15) is 28.1 Å². The molecular formula is C21H19F3N4O4. The minimum absolute atomic E-state index is 0.0503. The van der Waals surface area contributed by atoms with Crippen molar-refractivity contribution in [3.05, 3.63) is 74.1 Å². The van der Waals surface area contributed by atoms with Gasteiger partial charge in [0.1, 0.15) is 0 Å². The molecule has 4 rings (SSSR count). The molecule has 1 aliphatic rings. The largest absolute Gasteiger partial charge is 0.417 e. The lowest BCUT2D eigenvalue weighted by molar-refractivity contribution is -0.383. The Morgan fingerprint density at radius 3 is 2.56 bits per heavy atom. The fourth-order valence-corrected chi connectivity index (χ4v) is 3.80. The molecule has 0 saturated carbocycles. The van der Waals surface area contributed by atoms with Gasteiger partial charge < -0.3 is 9.32 Å². The standard InChI is InChI=1S/C21H19F3N4O4/c1-13-11-27(8-7-26(13)12-14-5-3-2-4-6-14)20-25-19(29)16-9-15(21(22,23)24)10-17(28(30)31)18(16)32-20/h2-6,9-10,13H,7-8,11-12H2,1H3. The summed E-state index contributed by atoms with van der Waals surface area (Å²) in [6.07, 6.45) is -4.85. The molecule has 0 bridgehead atoms. The van der Waals surface area contributed by atoms with Gasteiger partial charge in [0.2, 0.25) is 5.58 Å². The molecule has 0 aliphatic carbocycles. The van der Waals surface area contributed by atoms with Crippen LogP contribution in [0, 0.1) is 10.1 Å². The molecule has 1 aliphatic heterocycles. The average molecular weight is 448 g/mol. The van der Waals surface area contributed by atoms with Crippen LogP contribution in [0.2, 0.25) is 0 Å². The van der Waals surface area contributed by atoms with E-state index in [0.29, 0.717) is 31.8 Å². The van der Waals surface area contributed by atoms with Crippen LogP contribution in [0.25, 0.3) is 11.0 Å². The molecule has 32 heavy (non-hydrogen) atoms. The van der Waals surface area contributed by atoms with Crippen LogP contribution in [0.4, 0.5) is 24.9 Å². The summed E-state index contributed by atoms with van der Waals surface area (Å²) >= 11 is 0. The van der Waals surface area contributed by atoms with E-state index in [4.69, 9.17) is 4.42 Å². The van der Waals surface area contributed by atoms with Gasteiger partial charge in [-0.25, -0.2) is 0 Å². The number of fused-ring (bicyclic) bond motifs is 1. The van der Waals surface area contributed by atoms with Crippen molar-refractivity contribution in [3.63, 3.8) is 0 Å². The lowest BCUT2D eigenvalue weighted by Gasteiger charge is -2.39. The molecule has 0 amide bonds. The number of hydrogen-bond donors (Lipinski definition) is 0. The highest BCUT2D eigenvalue weighted by molar-refractivity contribution is 5.86. The van der Waals surface area contributed by atoms with Crippen molar-refractivity contribution in [2.45, 2.75) is 25.7 Å². The third-order valence-corrected chi connectivity index (χ3v) is 5.48. The molecule has 1 unspecified atom stereocenters. The van der Waals surface area contributed by atoms with Crippen molar-refractivity contribution in [3.8, 4) is 0 Å². The second kappa shape index (κ2) is 8.23. The molecule has 8 nitrogen and oxygen atoms in total. The van der Waals surface area contributed by atoms with E-state index < -0.39 is 38.9 Å². The highest BCUT2D eigenvalue weighted by atomic mass is 19.4. The number of aromatic nitrogens is 1. The van der Waals surface area contributed by atoms with E-state index in [-0.39, 0.29) is 12.1 Å². The first-order valence-electron chi connectivity index (χ1n) is 9.87. The summed E-state index contributed by atoms with van der Waals surface area (Å²) in [5.41, 5.74) is -2.60. The van der Waals surface area contributed by atoms with E-state index in [1.807, 2.05) is 37.3 Å². The zero-order chi connectivity index (χ0) is 23.0. The summed E-state index contributed by atoms with van der Waals surface area (Å²) < 4.78 is 44.9. The number of rotatable bonds is 4. The van der Waals surface area contributed by atoms with Crippen LogP contribution in [0.5, 0.6) is 0 Å². The van der Waals surface area contributed by atoms with Gasteiger partial charge in [-0.1, -0.05) is 30.3 Å². The van der Waals surface area contributed by atoms with Crippen molar-refractivity contribution < 1.29 is 22.5 Å². The van der Waals surface area contributed by atoms with Crippen molar-refractivity contribution in [1.29, 1.82) is 0 Å². The quantitative estimate of drug-likeness (QED) is 0.442. The van der Waals surface area contributed by atoms with Gasteiger partial charge in [-0.2, -0.15) is 18.2 Å². The first-order chi connectivity index (χ1) is 15.1. The number of non-ortho nitro benzene ring substituents is 1. The van der Waals surface area contributed by atoms with Gasteiger partial charge in [0.15, 0.2) is 0 Å². The number of benzene rings is 2. The lowest BCUT2D eigenvalue weighted by atomic mass is 10.1. The fraction of sp³-hybridized carbons (Fsp3) is 0.333. The Hall–Kier alpha value is -3.47. The Balaban J connectivity index is 1.65. The predicted octanol–water partition coefficient (Wildman–Crippen LogP) is 3.83. The fourth-order valence-electron chi connectivity index (χ4n) is 3.80. The highest BCUT2D eigenvalue weighted by Gasteiger charge is 2.35. The predicted molar refractivity (Wildman–Crippen MR) is 110 cm³/mol. The molecule has 0 radical (unpaired) electrons. The summed E-state index contributed by atoms with van der Waals surface area (Å²) in [6, 6.07) is 10.7. The van der Waals surface area contributed by atoms with Crippen LogP contribution in [-0.4, -0.2) is 40.5 Å². The number of alkyl halides is 3. The second-order valence-corrected chi connectivity index (χ2v) is 7.68. The van der Waals surface area contributed by atoms with Crippen LogP contribution in [-0.2, 0) is 12.7 Å². The molecule has 3 aromatic rings. The molecule has 2 heterocycles. The first-order valence-corrected chi connectivity index (χ1v) is 9.87. The van der Waals surface area contributed by atoms with Gasteiger partial charge in [-0.15, -0.1) is 0 Å². The molecular weight excluding hydrogens is 429 g/mol. The summed E-state index contributed by atoms with van der Waals surface area (Å²) in [6.45, 7) is 4.22. The maximum atomic E-state index is 13.1. The number of halogens is 3. The maximum absolute atomic E-state index is 13.1. The Bertz CT molecular complexity index is 1210. The van der Waals surface area contributed by atoms with Crippen LogP contribution >= 0.6 is 0 Å². The number of piperazine rings is 1. The van der Waals surface area contributed by atoms with Gasteiger partial charge in [0.25, 0.3) is 5.56 Å². The van der Waals surface area contributed by atoms with Crippen molar-refractivity contribution in [2.75, 3.05) is 24.5 Å². The lowest BCUT2D eigenvalue weighted by Crippen LogP contribution is -2.51. The Labute approximate surface area is 180 Å². The first kappa shape index (κ1) is 21.8. The van der Waals surface area contributed by atoms with Gasteiger partial charge in [0.05, 0.1) is 15.9 Å². The summed E-state index contributed by atoms with van der Waals surface area (Å²) in [5.74, 6) is 0. The van der Waals surface area contributed by atoms with E-state index >= 15 is 0 Å². The van der Waals surface area contributed by atoms with Crippen LogP contribution in [0.3, 0.4) is 0 Å². The van der Waals surface area contributed by atoms with E-state index in [0.717, 1.165) is 12.1 Å².